The van der Waals surface area contributed by atoms with Crippen LogP contribution < -0.4 is 10.6 Å². The van der Waals surface area contributed by atoms with Crippen LogP contribution in [0.25, 0.3) is 0 Å². The van der Waals surface area contributed by atoms with Crippen molar-refractivity contribution in [3.63, 3.8) is 0 Å². The molecule has 0 unspecified atom stereocenters. The molecule has 0 radical (unpaired) electrons. The van der Waals surface area contributed by atoms with E-state index in [0.717, 1.165) is 45.1 Å². The minimum Gasteiger partial charge on any atom is -0.356 e. The molecule has 2 N–H and O–H groups in total. The van der Waals surface area contributed by atoms with E-state index in [1.54, 1.807) is 23.1 Å². The lowest BCUT2D eigenvalue weighted by Gasteiger charge is -2.31. The fourth-order valence-electron chi connectivity index (χ4n) is 3.80. The number of hydrogen-bond acceptors (Lipinski definition) is 5. The summed E-state index contributed by atoms with van der Waals surface area (Å²) in [6.07, 6.45) is 5.62. The van der Waals surface area contributed by atoms with E-state index in [1.807, 2.05) is 7.05 Å². The Balaban J connectivity index is 1.39. The third-order valence-corrected chi connectivity index (χ3v) is 7.53. The highest BCUT2D eigenvalue weighted by Crippen LogP contribution is 2.22. The Kier molecular flexibility index (Phi) is 9.03. The average Bonchev–Trinajstić information content (AvgIpc) is 3.23. The minimum atomic E-state index is 0.697. The molecule has 0 amide bonds. The quantitative estimate of drug-likeness (QED) is 0.360. The Hall–Kier alpha value is -1.57. The van der Waals surface area contributed by atoms with Crippen molar-refractivity contribution in [2.24, 2.45) is 10.9 Å². The Morgan fingerprint density at radius 3 is 2.77 bits per heavy atom. The topological polar surface area (TPSA) is 52.6 Å². The van der Waals surface area contributed by atoms with Crippen LogP contribution in [0, 0.1) is 12.8 Å². The number of hydrogen-bond donors (Lipinski definition) is 2. The van der Waals surface area contributed by atoms with Crippen LogP contribution in [0.5, 0.6) is 0 Å². The summed E-state index contributed by atoms with van der Waals surface area (Å²) >= 11 is 3.59. The number of aryl methyl sites for hydroxylation is 2. The first-order valence-electron chi connectivity index (χ1n) is 10.8. The number of rotatable bonds is 8. The Labute approximate surface area is 189 Å². The molecule has 1 saturated heterocycles. The highest BCUT2D eigenvalue weighted by atomic mass is 32.2. The molecule has 3 rings (SSSR count). The third kappa shape index (κ3) is 6.72. The van der Waals surface area contributed by atoms with Gasteiger partial charge in [-0.05, 0) is 68.6 Å². The number of guanidine groups is 1. The molecule has 30 heavy (non-hydrogen) atoms. The molecular weight excluding hydrogens is 410 g/mol. The predicted octanol–water partition coefficient (Wildman–Crippen LogP) is 4.31. The number of thiazole rings is 1. The van der Waals surface area contributed by atoms with Gasteiger partial charge in [-0.2, -0.15) is 0 Å². The van der Waals surface area contributed by atoms with Crippen molar-refractivity contribution in [3.05, 3.63) is 45.4 Å². The van der Waals surface area contributed by atoms with Crippen LogP contribution in [-0.2, 0) is 19.5 Å². The van der Waals surface area contributed by atoms with E-state index in [2.05, 4.69) is 64.2 Å². The largest absolute Gasteiger partial charge is 0.356 e. The number of thioether (sulfide) groups is 1. The van der Waals surface area contributed by atoms with Gasteiger partial charge in [0.05, 0.1) is 10.7 Å². The first kappa shape index (κ1) is 23.1. The second-order valence-electron chi connectivity index (χ2n) is 7.93. The lowest BCUT2D eigenvalue weighted by molar-refractivity contribution is 0.176. The van der Waals surface area contributed by atoms with E-state index < -0.39 is 0 Å². The maximum absolute atomic E-state index is 4.71. The van der Waals surface area contributed by atoms with Crippen LogP contribution >= 0.6 is 23.1 Å². The molecule has 0 aliphatic carbocycles. The number of aromatic nitrogens is 1. The van der Waals surface area contributed by atoms with Gasteiger partial charge in [0.15, 0.2) is 5.96 Å². The Bertz CT molecular complexity index is 825. The summed E-state index contributed by atoms with van der Waals surface area (Å²) in [5.74, 6) is 1.59. The zero-order chi connectivity index (χ0) is 21.3. The molecule has 0 atom stereocenters. The van der Waals surface area contributed by atoms with Crippen LogP contribution in [-0.4, -0.2) is 48.8 Å². The molecule has 0 spiro atoms. The summed E-state index contributed by atoms with van der Waals surface area (Å²) in [6, 6.07) is 6.64. The molecule has 1 aromatic heterocycles. The first-order chi connectivity index (χ1) is 14.6. The highest BCUT2D eigenvalue weighted by molar-refractivity contribution is 7.98. The van der Waals surface area contributed by atoms with Crippen LogP contribution in [0.2, 0.25) is 0 Å². The van der Waals surface area contributed by atoms with Crippen molar-refractivity contribution in [3.8, 4) is 0 Å². The number of nitrogens with one attached hydrogen (secondary N) is 2. The van der Waals surface area contributed by atoms with Crippen LogP contribution in [0.15, 0.2) is 33.5 Å². The summed E-state index contributed by atoms with van der Waals surface area (Å²) in [4.78, 5) is 13.0. The number of nitrogens with zero attached hydrogens (tertiary/aromatic N) is 3. The van der Waals surface area contributed by atoms with Crippen LogP contribution in [0.4, 0.5) is 0 Å². The average molecular weight is 446 g/mol. The monoisotopic (exact) mass is 445 g/mol. The van der Waals surface area contributed by atoms with Crippen molar-refractivity contribution in [2.45, 2.75) is 51.1 Å². The molecule has 164 valence electrons. The van der Waals surface area contributed by atoms with Crippen LogP contribution in [0.3, 0.4) is 0 Å². The molecule has 7 heteroatoms. The van der Waals surface area contributed by atoms with E-state index in [9.17, 15) is 0 Å². The van der Waals surface area contributed by atoms with E-state index in [0.29, 0.717) is 5.92 Å². The number of likely N-dealkylation sites (tertiary alicyclic amines) is 1. The van der Waals surface area contributed by atoms with Gasteiger partial charge in [0.1, 0.15) is 0 Å². The van der Waals surface area contributed by atoms with Gasteiger partial charge in [0.25, 0.3) is 0 Å². The fraction of sp³-hybridized carbons (Fsp3) is 0.565. The maximum Gasteiger partial charge on any atom is 0.191 e. The van der Waals surface area contributed by atoms with Crippen molar-refractivity contribution in [1.82, 2.24) is 20.5 Å². The lowest BCUT2D eigenvalue weighted by atomic mass is 9.97. The number of aliphatic imine (C=N–C) groups is 1. The molecule has 0 bridgehead atoms. The van der Waals surface area contributed by atoms with Gasteiger partial charge in [0.2, 0.25) is 0 Å². The maximum atomic E-state index is 4.71. The van der Waals surface area contributed by atoms with Gasteiger partial charge in [-0.25, -0.2) is 4.98 Å². The standard InChI is InChI=1S/C23H35N5S2/c1-5-22-27-20(16-30-22)15-28-10-8-18(9-11-28)13-25-23(24-3)26-14-19-7-6-17(2)12-21(19)29-4/h6-7,12,16,18H,5,8-11,13-15H2,1-4H3,(H2,24,25,26). The Morgan fingerprint density at radius 2 is 2.10 bits per heavy atom. The SMILES string of the molecule is CCc1nc(CN2CCC(CNC(=NC)NCc3ccc(C)cc3SC)CC2)cs1. The molecule has 1 aliphatic heterocycles. The number of benzene rings is 1. The van der Waals surface area contributed by atoms with Gasteiger partial charge in [-0.3, -0.25) is 9.89 Å². The van der Waals surface area contributed by atoms with Crippen molar-refractivity contribution in [1.29, 1.82) is 0 Å². The minimum absolute atomic E-state index is 0.697. The van der Waals surface area contributed by atoms with Crippen LogP contribution in [0.1, 0.15) is 41.6 Å². The smallest absolute Gasteiger partial charge is 0.191 e. The molecule has 1 fully saturated rings. The van der Waals surface area contributed by atoms with Gasteiger partial charge >= 0.3 is 0 Å². The fourth-order valence-corrected chi connectivity index (χ4v) is 5.24. The zero-order valence-corrected chi connectivity index (χ0v) is 20.3. The molecule has 2 heterocycles. The third-order valence-electron chi connectivity index (χ3n) is 5.67. The van der Waals surface area contributed by atoms with E-state index >= 15 is 0 Å². The normalized spacial score (nSPS) is 16.1. The van der Waals surface area contributed by atoms with Crippen molar-refractivity contribution >= 4 is 29.1 Å². The molecule has 2 aromatic rings. The molecule has 0 saturated carbocycles. The van der Waals surface area contributed by atoms with Gasteiger partial charge in [-0.1, -0.05) is 19.1 Å². The van der Waals surface area contributed by atoms with E-state index in [-0.39, 0.29) is 0 Å². The number of piperidine rings is 1. The summed E-state index contributed by atoms with van der Waals surface area (Å²) in [6.45, 7) is 9.38. The molecule has 5 nitrogen and oxygen atoms in total. The highest BCUT2D eigenvalue weighted by Gasteiger charge is 2.20. The summed E-state index contributed by atoms with van der Waals surface area (Å²) < 4.78 is 0. The zero-order valence-electron chi connectivity index (χ0n) is 18.7. The predicted molar refractivity (Wildman–Crippen MR) is 131 cm³/mol. The second kappa shape index (κ2) is 11.7. The first-order valence-corrected chi connectivity index (χ1v) is 12.9. The Morgan fingerprint density at radius 1 is 1.30 bits per heavy atom. The second-order valence-corrected chi connectivity index (χ2v) is 9.72. The van der Waals surface area contributed by atoms with E-state index in [1.165, 1.54) is 39.6 Å². The summed E-state index contributed by atoms with van der Waals surface area (Å²) in [5, 5.41) is 10.5. The summed E-state index contributed by atoms with van der Waals surface area (Å²) in [7, 11) is 1.85. The van der Waals surface area contributed by atoms with Crippen molar-refractivity contribution < 1.29 is 0 Å². The van der Waals surface area contributed by atoms with Gasteiger partial charge in [-0.15, -0.1) is 23.1 Å². The summed E-state index contributed by atoms with van der Waals surface area (Å²) in [5.41, 5.74) is 3.86. The van der Waals surface area contributed by atoms with Gasteiger partial charge in [0, 0.05) is 37.0 Å². The molecule has 1 aromatic carbocycles. The molecule has 1 aliphatic rings. The lowest BCUT2D eigenvalue weighted by Crippen LogP contribution is -2.42. The van der Waals surface area contributed by atoms with Crippen molar-refractivity contribution in [2.75, 3.05) is 32.9 Å². The van der Waals surface area contributed by atoms with E-state index in [4.69, 9.17) is 4.98 Å². The van der Waals surface area contributed by atoms with Gasteiger partial charge < -0.3 is 10.6 Å². The molecular formula is C23H35N5S2.